The number of nitrogens with one attached hydrogen (secondary N) is 1. The molecule has 0 saturated heterocycles. The number of carbonyl (C=O) groups is 2. The van der Waals surface area contributed by atoms with E-state index in [9.17, 15) is 19.6 Å². The average molecular weight is 515 g/mol. The molecule has 0 unspecified atom stereocenters. The number of benzene rings is 3. The molecule has 0 fully saturated rings. The van der Waals surface area contributed by atoms with Gasteiger partial charge in [0.2, 0.25) is 0 Å². The van der Waals surface area contributed by atoms with Gasteiger partial charge in [0.15, 0.2) is 0 Å². The lowest BCUT2D eigenvalue weighted by Gasteiger charge is -2.25. The second-order valence-electron chi connectivity index (χ2n) is 8.88. The highest BCUT2D eigenvalue weighted by atomic mass is 16.5. The van der Waals surface area contributed by atoms with Crippen molar-refractivity contribution in [2.75, 3.05) is 26.6 Å². The number of ether oxygens (including phenoxy) is 2. The van der Waals surface area contributed by atoms with Crippen LogP contribution in [0.1, 0.15) is 26.4 Å². The Morgan fingerprint density at radius 2 is 1.74 bits per heavy atom. The molecule has 0 radical (unpaired) electrons. The number of nitrogens with zero attached hydrogens (tertiary/aromatic N) is 2. The monoisotopic (exact) mass is 515 g/mol. The quantitative estimate of drug-likeness (QED) is 0.260. The summed E-state index contributed by atoms with van der Waals surface area (Å²) in [7, 11) is 4.64. The van der Waals surface area contributed by atoms with Gasteiger partial charge < -0.3 is 35.4 Å². The maximum absolute atomic E-state index is 13.2. The first-order valence-corrected chi connectivity index (χ1v) is 11.8. The van der Waals surface area contributed by atoms with Gasteiger partial charge in [-0.3, -0.25) is 9.59 Å². The van der Waals surface area contributed by atoms with Crippen molar-refractivity contribution in [3.05, 3.63) is 89.6 Å². The molecule has 196 valence electrons. The molecule has 4 aromatic rings. The molecule has 11 heteroatoms. The van der Waals surface area contributed by atoms with Gasteiger partial charge >= 0.3 is 6.69 Å². The standard InChI is InChI=1S/C27H28BN4O6/c1-32(16-17-7-5-4-6-8-17)27(34)18-11-19(28(29,35)36)13-20(12-18)30-26(33)24-15-25(38-3)22-10-9-21(37-2)14-23(22)31-24/h4-15,35-36H,16,29H2,1-3H3,(H,30,33)/q-1. The fourth-order valence-corrected chi connectivity index (χ4v) is 4.03. The zero-order valence-electron chi connectivity index (χ0n) is 21.2. The van der Waals surface area contributed by atoms with Crippen LogP contribution in [-0.2, 0) is 6.54 Å². The number of aromatic nitrogens is 1. The third kappa shape index (κ3) is 5.92. The summed E-state index contributed by atoms with van der Waals surface area (Å²) in [6, 6.07) is 20.1. The Labute approximate surface area is 219 Å². The predicted octanol–water partition coefficient (Wildman–Crippen LogP) is 1.87. The zero-order chi connectivity index (χ0) is 27.4. The summed E-state index contributed by atoms with van der Waals surface area (Å²) in [5, 5.41) is 23.6. The van der Waals surface area contributed by atoms with Crippen LogP contribution in [0.25, 0.3) is 10.9 Å². The smallest absolute Gasteiger partial charge is 0.337 e. The van der Waals surface area contributed by atoms with Gasteiger partial charge in [0.1, 0.15) is 17.2 Å². The summed E-state index contributed by atoms with van der Waals surface area (Å²) in [4.78, 5) is 32.3. The van der Waals surface area contributed by atoms with Crippen LogP contribution in [0.15, 0.2) is 72.8 Å². The van der Waals surface area contributed by atoms with E-state index in [0.29, 0.717) is 28.9 Å². The van der Waals surface area contributed by atoms with Crippen molar-refractivity contribution in [3.63, 3.8) is 0 Å². The number of hydrogen-bond donors (Lipinski definition) is 4. The SMILES string of the molecule is COc1ccc2c(OC)cc(C(=O)Nc3cc(C(=O)N(C)Cc4ccccc4)cc([B-](N)(O)O)c3)nc2c1. The Morgan fingerprint density at radius 1 is 1.00 bits per heavy atom. The summed E-state index contributed by atoms with van der Waals surface area (Å²) in [5.41, 5.74) is 7.13. The first-order valence-electron chi connectivity index (χ1n) is 11.8. The number of amides is 2. The Morgan fingerprint density at radius 3 is 2.39 bits per heavy atom. The summed E-state index contributed by atoms with van der Waals surface area (Å²) in [5.74, 6) is -0.00598. The van der Waals surface area contributed by atoms with E-state index in [2.05, 4.69) is 10.3 Å². The Bertz CT molecular complexity index is 1490. The fourth-order valence-electron chi connectivity index (χ4n) is 4.03. The second kappa shape index (κ2) is 10.9. The van der Waals surface area contributed by atoms with E-state index in [1.54, 1.807) is 25.2 Å². The molecule has 5 N–H and O–H groups in total. The molecule has 0 atom stereocenters. The third-order valence-corrected chi connectivity index (χ3v) is 5.99. The molecule has 2 amide bonds. The van der Waals surface area contributed by atoms with Gasteiger partial charge in [-0.2, -0.15) is 0 Å². The van der Waals surface area contributed by atoms with Gasteiger partial charge in [0.05, 0.1) is 19.7 Å². The number of nitrogens with two attached hydrogens (primary N) is 1. The van der Waals surface area contributed by atoms with Crippen LogP contribution in [0.3, 0.4) is 0 Å². The molecule has 1 heterocycles. The first kappa shape index (κ1) is 26.6. The van der Waals surface area contributed by atoms with E-state index in [4.69, 9.17) is 15.1 Å². The number of rotatable bonds is 8. The highest BCUT2D eigenvalue weighted by Crippen LogP contribution is 2.28. The van der Waals surface area contributed by atoms with Crippen molar-refractivity contribution in [2.24, 2.45) is 5.64 Å². The first-order chi connectivity index (χ1) is 18.1. The number of carbonyl (C=O) groups excluding carboxylic acids is 2. The van der Waals surface area contributed by atoms with Gasteiger partial charge in [-0.1, -0.05) is 42.5 Å². The van der Waals surface area contributed by atoms with Crippen LogP contribution in [-0.4, -0.2) is 59.7 Å². The van der Waals surface area contributed by atoms with E-state index in [0.717, 1.165) is 5.56 Å². The molecule has 0 bridgehead atoms. The molecule has 0 aliphatic heterocycles. The normalized spacial score (nSPS) is 11.2. The molecular formula is C27H28BN4O6-. The molecule has 0 aliphatic carbocycles. The number of methoxy groups -OCH3 is 2. The van der Waals surface area contributed by atoms with Crippen LogP contribution in [0, 0.1) is 0 Å². The second-order valence-corrected chi connectivity index (χ2v) is 8.88. The van der Waals surface area contributed by atoms with Crippen molar-refractivity contribution >= 4 is 40.6 Å². The van der Waals surface area contributed by atoms with E-state index in [-0.39, 0.29) is 22.4 Å². The van der Waals surface area contributed by atoms with Gasteiger partial charge in [0.25, 0.3) is 11.8 Å². The van der Waals surface area contributed by atoms with Gasteiger partial charge in [-0.15, -0.1) is 5.46 Å². The van der Waals surface area contributed by atoms with Crippen molar-refractivity contribution in [2.45, 2.75) is 6.54 Å². The Balaban J connectivity index is 1.66. The van der Waals surface area contributed by atoms with Gasteiger partial charge in [-0.25, -0.2) is 4.98 Å². The minimum Gasteiger partial charge on any atom is -0.566 e. The highest BCUT2D eigenvalue weighted by Gasteiger charge is 2.22. The van der Waals surface area contributed by atoms with E-state index >= 15 is 0 Å². The maximum atomic E-state index is 13.2. The Kier molecular flexibility index (Phi) is 7.63. The van der Waals surface area contributed by atoms with Crippen LogP contribution in [0.2, 0.25) is 0 Å². The van der Waals surface area contributed by atoms with Crippen LogP contribution >= 0.6 is 0 Å². The van der Waals surface area contributed by atoms with Crippen LogP contribution < -0.4 is 25.9 Å². The number of fused-ring (bicyclic) bond motifs is 1. The van der Waals surface area contributed by atoms with E-state index < -0.39 is 18.5 Å². The van der Waals surface area contributed by atoms with Gasteiger partial charge in [-0.05, 0) is 23.8 Å². The number of hydrogen-bond acceptors (Lipinski definition) is 8. The third-order valence-electron chi connectivity index (χ3n) is 5.99. The molecule has 1 aromatic heterocycles. The van der Waals surface area contributed by atoms with E-state index in [1.165, 1.54) is 43.4 Å². The molecule has 0 aliphatic rings. The van der Waals surface area contributed by atoms with Gasteiger partial charge in [0, 0.05) is 42.4 Å². The molecule has 4 rings (SSSR count). The summed E-state index contributed by atoms with van der Waals surface area (Å²) >= 11 is 0. The number of anilines is 1. The van der Waals surface area contributed by atoms with E-state index in [1.807, 2.05) is 30.3 Å². The number of pyridine rings is 1. The largest absolute Gasteiger partial charge is 0.566 e. The van der Waals surface area contributed by atoms with Crippen LogP contribution in [0.5, 0.6) is 11.5 Å². The van der Waals surface area contributed by atoms with Crippen molar-refractivity contribution < 1.29 is 29.1 Å². The van der Waals surface area contributed by atoms with Crippen molar-refractivity contribution in [1.29, 1.82) is 0 Å². The average Bonchev–Trinajstić information content (AvgIpc) is 2.91. The minimum atomic E-state index is -3.45. The minimum absolute atomic E-state index is 0.0413. The summed E-state index contributed by atoms with van der Waals surface area (Å²) in [6.45, 7) is -3.12. The molecular weight excluding hydrogens is 487 g/mol. The summed E-state index contributed by atoms with van der Waals surface area (Å²) < 4.78 is 10.7. The van der Waals surface area contributed by atoms with Crippen LogP contribution in [0.4, 0.5) is 5.69 Å². The topological polar surface area (TPSA) is 147 Å². The predicted molar refractivity (Wildman–Crippen MR) is 145 cm³/mol. The Hall–Kier alpha value is -4.45. The fraction of sp³-hybridized carbons (Fsp3) is 0.148. The lowest BCUT2D eigenvalue weighted by atomic mass is 9.66. The molecule has 3 aromatic carbocycles. The van der Waals surface area contributed by atoms with Crippen molar-refractivity contribution in [1.82, 2.24) is 9.88 Å². The zero-order valence-corrected chi connectivity index (χ0v) is 21.2. The lowest BCUT2D eigenvalue weighted by molar-refractivity contribution is 0.0785. The molecule has 0 spiro atoms. The molecule has 10 nitrogen and oxygen atoms in total. The molecule has 0 saturated carbocycles. The summed E-state index contributed by atoms with van der Waals surface area (Å²) in [6.07, 6.45) is 0. The highest BCUT2D eigenvalue weighted by molar-refractivity contribution is 6.75. The maximum Gasteiger partial charge on any atom is 0.337 e. The molecule has 38 heavy (non-hydrogen) atoms. The van der Waals surface area contributed by atoms with Crippen molar-refractivity contribution in [3.8, 4) is 11.5 Å². The lowest BCUT2D eigenvalue weighted by Crippen LogP contribution is -2.58.